The average Bonchev–Trinajstić information content (AvgIpc) is 2.39. The topological polar surface area (TPSA) is 32.7 Å². The van der Waals surface area contributed by atoms with Gasteiger partial charge in [-0.15, -0.1) is 0 Å². The average molecular weight is 282 g/mol. The van der Waals surface area contributed by atoms with Crippen LogP contribution in [0.25, 0.3) is 6.08 Å². The molecule has 0 amide bonds. The lowest BCUT2D eigenvalue weighted by Gasteiger charge is -2.25. The van der Waals surface area contributed by atoms with Crippen LogP contribution in [0.3, 0.4) is 0 Å². The Morgan fingerprint density at radius 2 is 2.21 bits per heavy atom. The van der Waals surface area contributed by atoms with Gasteiger partial charge in [-0.2, -0.15) is 0 Å². The van der Waals surface area contributed by atoms with Gasteiger partial charge in [-0.05, 0) is 42.8 Å². The number of aliphatic hydroxyl groups excluding tert-OH is 1. The number of benzene rings is 1. The highest BCUT2D eigenvalue weighted by Gasteiger charge is 2.14. The summed E-state index contributed by atoms with van der Waals surface area (Å²) in [5.41, 5.74) is 2.26. The number of rotatable bonds is 6. The van der Waals surface area contributed by atoms with Crippen LogP contribution in [-0.2, 0) is 0 Å². The van der Waals surface area contributed by atoms with E-state index in [-0.39, 0.29) is 6.61 Å². The van der Waals surface area contributed by atoms with Gasteiger partial charge in [0.2, 0.25) is 0 Å². The molecule has 1 heterocycles. The van der Waals surface area contributed by atoms with Crippen molar-refractivity contribution in [2.45, 2.75) is 13.3 Å². The third kappa shape index (κ3) is 3.96. The van der Waals surface area contributed by atoms with Crippen molar-refractivity contribution >= 4 is 17.7 Å². The lowest BCUT2D eigenvalue weighted by Crippen LogP contribution is -2.31. The summed E-state index contributed by atoms with van der Waals surface area (Å²) in [6.07, 6.45) is 3.22. The second-order valence-electron chi connectivity index (χ2n) is 4.77. The van der Waals surface area contributed by atoms with E-state index in [0.717, 1.165) is 35.8 Å². The molecule has 0 saturated carbocycles. The summed E-state index contributed by atoms with van der Waals surface area (Å²) >= 11 is 6.00. The molecule has 2 rings (SSSR count). The van der Waals surface area contributed by atoms with Crippen molar-refractivity contribution in [3.8, 4) is 5.75 Å². The van der Waals surface area contributed by atoms with Crippen LogP contribution in [0.5, 0.6) is 5.75 Å². The maximum Gasteiger partial charge on any atom is 0.127 e. The van der Waals surface area contributed by atoms with Gasteiger partial charge in [-0.25, -0.2) is 0 Å². The van der Waals surface area contributed by atoms with Crippen molar-refractivity contribution in [3.63, 3.8) is 0 Å². The quantitative estimate of drug-likeness (QED) is 0.870. The van der Waals surface area contributed by atoms with Crippen LogP contribution in [0, 0.1) is 0 Å². The highest BCUT2D eigenvalue weighted by Crippen LogP contribution is 2.29. The Balaban J connectivity index is 2.09. The number of aliphatic hydroxyl groups is 1. The molecule has 0 radical (unpaired) electrons. The zero-order valence-electron chi connectivity index (χ0n) is 11.2. The molecule has 1 aromatic rings. The van der Waals surface area contributed by atoms with Crippen molar-refractivity contribution in [2.75, 3.05) is 32.8 Å². The minimum Gasteiger partial charge on any atom is -0.489 e. The number of hydrogen-bond acceptors (Lipinski definition) is 3. The van der Waals surface area contributed by atoms with E-state index in [1.54, 1.807) is 0 Å². The van der Waals surface area contributed by atoms with Crippen LogP contribution in [0.4, 0.5) is 0 Å². The largest absolute Gasteiger partial charge is 0.489 e. The number of nitrogens with zero attached hydrogens (tertiary/aromatic N) is 1. The smallest absolute Gasteiger partial charge is 0.127 e. The number of fused-ring (bicyclic) bond motifs is 1. The predicted molar refractivity (Wildman–Crippen MR) is 78.7 cm³/mol. The van der Waals surface area contributed by atoms with E-state index in [9.17, 15) is 0 Å². The Morgan fingerprint density at radius 1 is 1.37 bits per heavy atom. The van der Waals surface area contributed by atoms with Crippen LogP contribution in [-0.4, -0.2) is 42.9 Å². The highest BCUT2D eigenvalue weighted by molar-refractivity contribution is 6.30. The fourth-order valence-electron chi connectivity index (χ4n) is 2.30. The third-order valence-electron chi connectivity index (χ3n) is 3.13. The molecule has 1 aliphatic rings. The molecule has 0 fully saturated rings. The van der Waals surface area contributed by atoms with E-state index in [1.165, 1.54) is 5.57 Å². The van der Waals surface area contributed by atoms with E-state index in [4.69, 9.17) is 21.4 Å². The molecule has 0 spiro atoms. The van der Waals surface area contributed by atoms with Crippen molar-refractivity contribution in [3.05, 3.63) is 34.4 Å². The maximum atomic E-state index is 9.08. The molecular weight excluding hydrogens is 262 g/mol. The van der Waals surface area contributed by atoms with Gasteiger partial charge >= 0.3 is 0 Å². The van der Waals surface area contributed by atoms with Gasteiger partial charge in [0.1, 0.15) is 12.4 Å². The van der Waals surface area contributed by atoms with E-state index in [1.807, 2.05) is 18.2 Å². The van der Waals surface area contributed by atoms with Gasteiger partial charge in [0.05, 0.1) is 6.61 Å². The van der Waals surface area contributed by atoms with E-state index in [2.05, 4.69) is 17.9 Å². The van der Waals surface area contributed by atoms with Crippen LogP contribution >= 0.6 is 11.6 Å². The molecule has 19 heavy (non-hydrogen) atoms. The molecule has 1 aromatic carbocycles. The number of ether oxygens (including phenoxy) is 1. The second-order valence-corrected chi connectivity index (χ2v) is 5.21. The normalized spacial score (nSPS) is 14.0. The SMILES string of the molecule is CCCN(CCO)CC1=Cc2cc(Cl)ccc2OC1. The third-order valence-corrected chi connectivity index (χ3v) is 3.36. The lowest BCUT2D eigenvalue weighted by atomic mass is 10.1. The Hall–Kier alpha value is -1.03. The van der Waals surface area contributed by atoms with Crippen LogP contribution in [0.2, 0.25) is 5.02 Å². The van der Waals surface area contributed by atoms with Crippen molar-refractivity contribution in [2.24, 2.45) is 0 Å². The van der Waals surface area contributed by atoms with Gasteiger partial charge in [0, 0.05) is 23.7 Å². The standard InChI is InChI=1S/C15H20ClNO2/c1-2-5-17(6-7-18)10-12-8-13-9-14(16)3-4-15(13)19-11-12/h3-4,8-9,18H,2,5-7,10-11H2,1H3. The minimum atomic E-state index is 0.191. The number of hydrogen-bond donors (Lipinski definition) is 1. The van der Waals surface area contributed by atoms with E-state index < -0.39 is 0 Å². The first kappa shape index (κ1) is 14.4. The maximum absolute atomic E-state index is 9.08. The molecule has 1 N–H and O–H groups in total. The predicted octanol–water partition coefficient (Wildman–Crippen LogP) is 2.82. The monoisotopic (exact) mass is 281 g/mol. The Kier molecular flexibility index (Phi) is 5.25. The first-order valence-corrected chi connectivity index (χ1v) is 7.05. The summed E-state index contributed by atoms with van der Waals surface area (Å²) in [4.78, 5) is 2.24. The molecular formula is C15H20ClNO2. The Bertz CT molecular complexity index is 453. The molecule has 0 atom stereocenters. The molecule has 104 valence electrons. The summed E-state index contributed by atoms with van der Waals surface area (Å²) in [6.45, 7) is 5.47. The first-order chi connectivity index (χ1) is 9.22. The molecule has 0 aliphatic carbocycles. The minimum absolute atomic E-state index is 0.191. The summed E-state index contributed by atoms with van der Waals surface area (Å²) in [7, 11) is 0. The van der Waals surface area contributed by atoms with Crippen LogP contribution in [0.15, 0.2) is 23.8 Å². The van der Waals surface area contributed by atoms with E-state index in [0.29, 0.717) is 13.2 Å². The molecule has 0 aromatic heterocycles. The Morgan fingerprint density at radius 3 is 2.95 bits per heavy atom. The summed E-state index contributed by atoms with van der Waals surface area (Å²) in [5.74, 6) is 0.886. The van der Waals surface area contributed by atoms with Crippen molar-refractivity contribution in [1.82, 2.24) is 4.90 Å². The summed E-state index contributed by atoms with van der Waals surface area (Å²) in [5, 5.41) is 9.80. The lowest BCUT2D eigenvalue weighted by molar-refractivity contribution is 0.201. The second kappa shape index (κ2) is 6.94. The zero-order chi connectivity index (χ0) is 13.7. The van der Waals surface area contributed by atoms with Gasteiger partial charge in [0.25, 0.3) is 0 Å². The Labute approximate surface area is 119 Å². The molecule has 0 saturated heterocycles. The zero-order valence-corrected chi connectivity index (χ0v) is 12.0. The van der Waals surface area contributed by atoms with Crippen LogP contribution in [0.1, 0.15) is 18.9 Å². The van der Waals surface area contributed by atoms with E-state index >= 15 is 0 Å². The molecule has 0 bridgehead atoms. The van der Waals surface area contributed by atoms with Crippen molar-refractivity contribution in [1.29, 1.82) is 0 Å². The summed E-state index contributed by atoms with van der Waals surface area (Å²) < 4.78 is 5.73. The molecule has 3 nitrogen and oxygen atoms in total. The van der Waals surface area contributed by atoms with Gasteiger partial charge in [-0.3, -0.25) is 4.90 Å². The molecule has 1 aliphatic heterocycles. The molecule has 4 heteroatoms. The van der Waals surface area contributed by atoms with Crippen LogP contribution < -0.4 is 4.74 Å². The summed E-state index contributed by atoms with van der Waals surface area (Å²) in [6, 6.07) is 5.67. The molecule has 0 unspecified atom stereocenters. The van der Waals surface area contributed by atoms with Gasteiger partial charge < -0.3 is 9.84 Å². The fourth-order valence-corrected chi connectivity index (χ4v) is 2.48. The van der Waals surface area contributed by atoms with Gasteiger partial charge in [0.15, 0.2) is 0 Å². The highest BCUT2D eigenvalue weighted by atomic mass is 35.5. The first-order valence-electron chi connectivity index (χ1n) is 6.68. The van der Waals surface area contributed by atoms with Crippen molar-refractivity contribution < 1.29 is 9.84 Å². The number of halogens is 1. The fraction of sp³-hybridized carbons (Fsp3) is 0.467. The van der Waals surface area contributed by atoms with Gasteiger partial charge in [-0.1, -0.05) is 18.5 Å².